The molecule has 36 heavy (non-hydrogen) atoms. The maximum atomic E-state index is 13.3. The van der Waals surface area contributed by atoms with Crippen molar-refractivity contribution in [1.82, 2.24) is 0 Å². The van der Waals surface area contributed by atoms with Crippen LogP contribution in [0.5, 0.6) is 11.5 Å². The van der Waals surface area contributed by atoms with Gasteiger partial charge in [0.15, 0.2) is 17.9 Å². The van der Waals surface area contributed by atoms with Gasteiger partial charge in [-0.1, -0.05) is 24.3 Å². The van der Waals surface area contributed by atoms with Crippen molar-refractivity contribution in [2.24, 2.45) is 5.73 Å². The Morgan fingerprint density at radius 2 is 1.72 bits per heavy atom. The van der Waals surface area contributed by atoms with Crippen LogP contribution < -0.4 is 5.73 Å². The number of carbonyl (C=O) groups excluding carboxylic acids is 2. The molecule has 2 aromatic carbocycles. The number of aliphatic hydroxyl groups is 2. The molecule has 0 radical (unpaired) electrons. The van der Waals surface area contributed by atoms with E-state index in [9.17, 15) is 30.0 Å². The lowest BCUT2D eigenvalue weighted by molar-refractivity contribution is -0.251. The molecule has 2 aliphatic carbocycles. The van der Waals surface area contributed by atoms with Crippen LogP contribution in [0, 0.1) is 0 Å². The second kappa shape index (κ2) is 8.91. The molecule has 0 spiro atoms. The lowest BCUT2D eigenvalue weighted by Crippen LogP contribution is -2.53. The zero-order valence-electron chi connectivity index (χ0n) is 19.9. The largest absolute Gasteiger partial charge is 0.507 e. The van der Waals surface area contributed by atoms with Crippen molar-refractivity contribution in [1.29, 1.82) is 0 Å². The van der Waals surface area contributed by atoms with E-state index in [4.69, 9.17) is 19.9 Å². The van der Waals surface area contributed by atoms with E-state index in [2.05, 4.69) is 0 Å². The summed E-state index contributed by atoms with van der Waals surface area (Å²) in [6.07, 6.45) is -2.87. The number of hydrogen-bond donors (Lipinski definition) is 5. The molecule has 5 rings (SSSR count). The van der Waals surface area contributed by atoms with Gasteiger partial charge in [0.25, 0.3) is 0 Å². The summed E-state index contributed by atoms with van der Waals surface area (Å²) in [7, 11) is 1.53. The summed E-state index contributed by atoms with van der Waals surface area (Å²) < 4.78 is 17.4. The lowest BCUT2D eigenvalue weighted by atomic mass is 9.73. The van der Waals surface area contributed by atoms with Crippen LogP contribution in [0.1, 0.15) is 68.8 Å². The number of phenolic OH excluding ortho intramolecular Hbond substituents is 2. The van der Waals surface area contributed by atoms with Gasteiger partial charge in [-0.25, -0.2) is 0 Å². The fourth-order valence-electron chi connectivity index (χ4n) is 5.71. The number of ketones is 2. The smallest absolute Gasteiger partial charge is 0.198 e. The van der Waals surface area contributed by atoms with Crippen LogP contribution >= 0.6 is 0 Å². The second-order valence-corrected chi connectivity index (χ2v) is 9.80. The van der Waals surface area contributed by atoms with Gasteiger partial charge in [0.1, 0.15) is 11.5 Å². The molecule has 3 aliphatic rings. The van der Waals surface area contributed by atoms with E-state index in [0.717, 1.165) is 0 Å². The average molecular weight is 500 g/mol. The molecular weight excluding hydrogens is 470 g/mol. The molecule has 1 fully saturated rings. The molecule has 10 heteroatoms. The summed E-state index contributed by atoms with van der Waals surface area (Å²) in [5.74, 6) is -2.25. The third-order valence-corrected chi connectivity index (χ3v) is 7.45. The number of fused-ring (bicyclic) bond motifs is 3. The molecule has 2 aromatic rings. The first-order valence-corrected chi connectivity index (χ1v) is 11.8. The molecule has 1 aliphatic heterocycles. The molecule has 10 nitrogen and oxygen atoms in total. The maximum Gasteiger partial charge on any atom is 0.198 e. The van der Waals surface area contributed by atoms with Gasteiger partial charge in [-0.15, -0.1) is 0 Å². The van der Waals surface area contributed by atoms with Gasteiger partial charge in [-0.05, 0) is 6.92 Å². The first-order valence-electron chi connectivity index (χ1n) is 11.8. The fraction of sp³-hybridized carbons (Fsp3) is 0.462. The third kappa shape index (κ3) is 3.73. The standard InChI is InChI=1S/C26H29NO9/c1-11-25(34-2)15(27)7-17(35-11)36-16-9-26(33,10-28)8-14-18(16)24(32)20-19(23(14)31)21(29)12-5-3-4-6-13(12)22(20)30/h3-6,11,15-17,25,28,31-33H,7-10,27H2,1-2H3/t11?,15?,16-,17?,25?,26-/m0/s1. The Hall–Kier alpha value is -2.86. The number of carbonyl (C=O) groups is 2. The highest BCUT2D eigenvalue weighted by Gasteiger charge is 2.47. The van der Waals surface area contributed by atoms with Crippen molar-refractivity contribution < 1.29 is 44.2 Å². The topological polar surface area (TPSA) is 169 Å². The Morgan fingerprint density at radius 3 is 2.28 bits per heavy atom. The molecular formula is C26H29NO9. The van der Waals surface area contributed by atoms with Gasteiger partial charge in [0.05, 0.1) is 41.6 Å². The number of aromatic hydroxyl groups is 2. The van der Waals surface area contributed by atoms with Crippen LogP contribution in [-0.2, 0) is 20.6 Å². The number of aliphatic hydroxyl groups excluding tert-OH is 1. The summed E-state index contributed by atoms with van der Waals surface area (Å²) in [5.41, 5.74) is 4.20. The molecule has 1 saturated heterocycles. The number of methoxy groups -OCH3 is 1. The number of nitrogens with two attached hydrogens (primary N) is 1. The molecule has 0 saturated carbocycles. The van der Waals surface area contributed by atoms with Gasteiger partial charge in [0, 0.05) is 54.7 Å². The molecule has 0 amide bonds. The summed E-state index contributed by atoms with van der Waals surface area (Å²) in [5, 5.41) is 43.6. The minimum Gasteiger partial charge on any atom is -0.507 e. The van der Waals surface area contributed by atoms with E-state index in [-0.39, 0.29) is 58.7 Å². The highest BCUT2D eigenvalue weighted by molar-refractivity contribution is 6.30. The van der Waals surface area contributed by atoms with Gasteiger partial charge in [0.2, 0.25) is 0 Å². The maximum absolute atomic E-state index is 13.3. The van der Waals surface area contributed by atoms with E-state index in [1.807, 2.05) is 0 Å². The molecule has 1 heterocycles. The fourth-order valence-corrected chi connectivity index (χ4v) is 5.71. The van der Waals surface area contributed by atoms with E-state index >= 15 is 0 Å². The van der Waals surface area contributed by atoms with Crippen LogP contribution in [0.2, 0.25) is 0 Å². The van der Waals surface area contributed by atoms with Gasteiger partial charge >= 0.3 is 0 Å². The van der Waals surface area contributed by atoms with Crippen molar-refractivity contribution in [3.8, 4) is 11.5 Å². The SMILES string of the molecule is COC1C(N)CC(O[C@H]2C[C@](O)(CO)Cc3c(O)c4c(c(O)c32)C(=O)c2ccccc2C4=O)OC1C. The van der Waals surface area contributed by atoms with Crippen molar-refractivity contribution in [3.63, 3.8) is 0 Å². The average Bonchev–Trinajstić information content (AvgIpc) is 2.84. The summed E-state index contributed by atoms with van der Waals surface area (Å²) in [6, 6.07) is 5.75. The molecule has 4 unspecified atom stereocenters. The zero-order chi connectivity index (χ0) is 25.9. The van der Waals surface area contributed by atoms with Gasteiger partial charge < -0.3 is 40.4 Å². The number of phenols is 2. The van der Waals surface area contributed by atoms with Crippen LogP contribution in [0.15, 0.2) is 24.3 Å². The quantitative estimate of drug-likeness (QED) is 0.327. The first-order chi connectivity index (χ1) is 17.1. The van der Waals surface area contributed by atoms with Crippen molar-refractivity contribution in [2.75, 3.05) is 13.7 Å². The van der Waals surface area contributed by atoms with Crippen LogP contribution in [0.25, 0.3) is 0 Å². The lowest BCUT2D eigenvalue weighted by Gasteiger charge is -2.43. The number of benzene rings is 2. The highest BCUT2D eigenvalue weighted by Crippen LogP contribution is 2.51. The molecule has 6 atom stereocenters. The first kappa shape index (κ1) is 24.8. The minimum absolute atomic E-state index is 0.0301. The van der Waals surface area contributed by atoms with E-state index in [0.29, 0.717) is 0 Å². The van der Waals surface area contributed by atoms with Crippen LogP contribution in [-0.4, -0.2) is 75.9 Å². The summed E-state index contributed by atoms with van der Waals surface area (Å²) in [6.45, 7) is 1.12. The van der Waals surface area contributed by atoms with E-state index in [1.165, 1.54) is 19.2 Å². The van der Waals surface area contributed by atoms with E-state index in [1.54, 1.807) is 19.1 Å². The Kier molecular flexibility index (Phi) is 6.14. The van der Waals surface area contributed by atoms with E-state index < -0.39 is 59.8 Å². The predicted molar refractivity (Wildman–Crippen MR) is 125 cm³/mol. The Morgan fingerprint density at radius 1 is 1.11 bits per heavy atom. The molecule has 0 aromatic heterocycles. The number of hydrogen-bond acceptors (Lipinski definition) is 10. The highest BCUT2D eigenvalue weighted by atomic mass is 16.7. The van der Waals surface area contributed by atoms with Gasteiger partial charge in [-0.3, -0.25) is 9.59 Å². The minimum atomic E-state index is -1.72. The molecule has 0 bridgehead atoms. The normalized spacial score (nSPS) is 31.5. The Balaban J connectivity index is 1.62. The number of rotatable bonds is 4. The van der Waals surface area contributed by atoms with Crippen molar-refractivity contribution in [3.05, 3.63) is 57.6 Å². The summed E-state index contributed by atoms with van der Waals surface area (Å²) >= 11 is 0. The summed E-state index contributed by atoms with van der Waals surface area (Å²) in [4.78, 5) is 26.6. The number of ether oxygens (including phenoxy) is 3. The van der Waals surface area contributed by atoms with Crippen molar-refractivity contribution >= 4 is 11.6 Å². The van der Waals surface area contributed by atoms with Crippen molar-refractivity contribution in [2.45, 2.75) is 62.4 Å². The molecule has 192 valence electrons. The second-order valence-electron chi connectivity index (χ2n) is 9.80. The Labute approximate surface area is 207 Å². The van der Waals surface area contributed by atoms with Gasteiger partial charge in [-0.2, -0.15) is 0 Å². The Bertz CT molecular complexity index is 1230. The third-order valence-electron chi connectivity index (χ3n) is 7.45. The predicted octanol–water partition coefficient (Wildman–Crippen LogP) is 1.08. The zero-order valence-corrected chi connectivity index (χ0v) is 19.9. The van der Waals surface area contributed by atoms with Crippen LogP contribution in [0.4, 0.5) is 0 Å². The van der Waals surface area contributed by atoms with Crippen LogP contribution in [0.3, 0.4) is 0 Å². The molecule has 6 N–H and O–H groups in total. The monoisotopic (exact) mass is 499 g/mol.